The van der Waals surface area contributed by atoms with E-state index in [9.17, 15) is 14.4 Å². The molecule has 8 nitrogen and oxygen atoms in total. The van der Waals surface area contributed by atoms with E-state index in [4.69, 9.17) is 5.73 Å². The molecule has 0 bridgehead atoms. The lowest BCUT2D eigenvalue weighted by Crippen LogP contribution is -2.37. The van der Waals surface area contributed by atoms with Crippen LogP contribution in [0.3, 0.4) is 0 Å². The van der Waals surface area contributed by atoms with Gasteiger partial charge in [-0.15, -0.1) is 0 Å². The van der Waals surface area contributed by atoms with Crippen molar-refractivity contribution in [1.29, 1.82) is 0 Å². The van der Waals surface area contributed by atoms with Gasteiger partial charge in [-0.2, -0.15) is 0 Å². The number of carbonyl (C=O) groups excluding carboxylic acids is 1. The average Bonchev–Trinajstić information content (AvgIpc) is 2.92. The summed E-state index contributed by atoms with van der Waals surface area (Å²) >= 11 is 0. The van der Waals surface area contributed by atoms with Crippen LogP contribution in [0.5, 0.6) is 0 Å². The third-order valence-electron chi connectivity index (χ3n) is 3.43. The Labute approximate surface area is 115 Å². The van der Waals surface area contributed by atoms with Crippen molar-refractivity contribution in [2.45, 2.75) is 26.3 Å². The van der Waals surface area contributed by atoms with Gasteiger partial charge in [0.05, 0.1) is 6.54 Å². The van der Waals surface area contributed by atoms with Gasteiger partial charge in [-0.05, 0) is 19.8 Å². The van der Waals surface area contributed by atoms with E-state index in [1.165, 1.54) is 4.57 Å². The van der Waals surface area contributed by atoms with Crippen molar-refractivity contribution in [2.75, 3.05) is 30.7 Å². The molecule has 0 unspecified atom stereocenters. The van der Waals surface area contributed by atoms with Crippen LogP contribution in [-0.4, -0.2) is 40.0 Å². The Morgan fingerprint density at radius 1 is 1.35 bits per heavy atom. The van der Waals surface area contributed by atoms with Gasteiger partial charge in [-0.3, -0.25) is 19.1 Å². The molecule has 1 amide bonds. The van der Waals surface area contributed by atoms with Gasteiger partial charge < -0.3 is 16.0 Å². The van der Waals surface area contributed by atoms with E-state index in [2.05, 4.69) is 10.3 Å². The Kier molecular flexibility index (Phi) is 4.11. The number of nitrogens with zero attached hydrogens (tertiary/aromatic N) is 2. The third-order valence-corrected chi connectivity index (χ3v) is 3.43. The molecule has 2 heterocycles. The van der Waals surface area contributed by atoms with Crippen LogP contribution in [0.1, 0.15) is 19.8 Å². The molecule has 0 spiro atoms. The number of hydrogen-bond donors (Lipinski definition) is 3. The second-order valence-electron chi connectivity index (χ2n) is 4.71. The molecule has 1 aromatic heterocycles. The minimum absolute atomic E-state index is 0.00476. The van der Waals surface area contributed by atoms with Crippen molar-refractivity contribution in [2.24, 2.45) is 0 Å². The highest BCUT2D eigenvalue weighted by Gasteiger charge is 2.19. The van der Waals surface area contributed by atoms with Gasteiger partial charge in [0, 0.05) is 19.6 Å². The lowest BCUT2D eigenvalue weighted by Gasteiger charge is -2.17. The summed E-state index contributed by atoms with van der Waals surface area (Å²) in [7, 11) is 0. The molecule has 20 heavy (non-hydrogen) atoms. The zero-order valence-corrected chi connectivity index (χ0v) is 11.4. The number of anilines is 2. The smallest absolute Gasteiger partial charge is 0.330 e. The molecule has 1 aliphatic heterocycles. The first-order valence-electron chi connectivity index (χ1n) is 6.68. The van der Waals surface area contributed by atoms with Gasteiger partial charge >= 0.3 is 5.69 Å². The zero-order chi connectivity index (χ0) is 14.7. The van der Waals surface area contributed by atoms with Crippen LogP contribution in [0, 0.1) is 0 Å². The number of rotatable bonds is 4. The highest BCUT2D eigenvalue weighted by Crippen LogP contribution is 2.11. The van der Waals surface area contributed by atoms with Crippen LogP contribution < -0.4 is 22.3 Å². The van der Waals surface area contributed by atoms with Crippen molar-refractivity contribution < 1.29 is 4.79 Å². The summed E-state index contributed by atoms with van der Waals surface area (Å²) in [4.78, 5) is 39.1. The van der Waals surface area contributed by atoms with Crippen LogP contribution in [0.4, 0.5) is 11.5 Å². The predicted molar refractivity (Wildman–Crippen MR) is 75.7 cm³/mol. The molecule has 1 saturated heterocycles. The molecule has 8 heteroatoms. The number of aromatic amines is 1. The molecular formula is C12H19N5O3. The molecular weight excluding hydrogens is 262 g/mol. The highest BCUT2D eigenvalue weighted by molar-refractivity contribution is 5.82. The molecule has 0 aromatic carbocycles. The fourth-order valence-corrected chi connectivity index (χ4v) is 2.31. The predicted octanol–water partition coefficient (Wildman–Crippen LogP) is -0.827. The summed E-state index contributed by atoms with van der Waals surface area (Å²) in [6.45, 7) is 3.59. The number of H-pyrrole nitrogens is 1. The van der Waals surface area contributed by atoms with Gasteiger partial charge in [-0.1, -0.05) is 0 Å². The number of nitrogen functional groups attached to an aromatic ring is 1. The van der Waals surface area contributed by atoms with Crippen LogP contribution in [0.2, 0.25) is 0 Å². The second kappa shape index (κ2) is 5.81. The summed E-state index contributed by atoms with van der Waals surface area (Å²) in [5.74, 6) is -0.0222. The molecule has 0 saturated carbocycles. The van der Waals surface area contributed by atoms with E-state index >= 15 is 0 Å². The number of hydrogen-bond acceptors (Lipinski definition) is 5. The zero-order valence-electron chi connectivity index (χ0n) is 11.4. The van der Waals surface area contributed by atoms with Crippen LogP contribution in [0.15, 0.2) is 9.59 Å². The number of nitrogens with one attached hydrogen (secondary N) is 2. The molecule has 1 aliphatic rings. The maximum atomic E-state index is 11.9. The van der Waals surface area contributed by atoms with E-state index in [1.807, 2.05) is 0 Å². The van der Waals surface area contributed by atoms with Crippen molar-refractivity contribution in [3.63, 3.8) is 0 Å². The molecule has 0 atom stereocenters. The monoisotopic (exact) mass is 281 g/mol. The summed E-state index contributed by atoms with van der Waals surface area (Å²) in [5, 5.41) is 2.74. The molecule has 0 radical (unpaired) electrons. The van der Waals surface area contributed by atoms with Crippen LogP contribution in [-0.2, 0) is 11.3 Å². The Bertz CT molecular complexity index is 612. The summed E-state index contributed by atoms with van der Waals surface area (Å²) in [6, 6.07) is 0. The Hall–Kier alpha value is -2.25. The summed E-state index contributed by atoms with van der Waals surface area (Å²) in [5.41, 5.74) is 4.70. The van der Waals surface area contributed by atoms with E-state index < -0.39 is 11.2 Å². The number of nitrogens with two attached hydrogens (primary N) is 1. The third kappa shape index (κ3) is 2.68. The van der Waals surface area contributed by atoms with Crippen LogP contribution >= 0.6 is 0 Å². The van der Waals surface area contributed by atoms with E-state index in [0.717, 1.165) is 25.9 Å². The fourth-order valence-electron chi connectivity index (χ4n) is 2.31. The summed E-state index contributed by atoms with van der Waals surface area (Å²) < 4.78 is 1.24. The largest absolute Gasteiger partial charge is 0.383 e. The SMILES string of the molecule is CCn1c(N)c(NCC(=O)N2CCCC2)c(=O)[nH]c1=O. The first kappa shape index (κ1) is 14.2. The number of likely N-dealkylation sites (tertiary alicyclic amines) is 1. The number of carbonyl (C=O) groups is 1. The average molecular weight is 281 g/mol. The summed E-state index contributed by atoms with van der Waals surface area (Å²) in [6.07, 6.45) is 2.02. The second-order valence-corrected chi connectivity index (χ2v) is 4.71. The Morgan fingerprint density at radius 3 is 2.60 bits per heavy atom. The maximum Gasteiger partial charge on any atom is 0.330 e. The van der Waals surface area contributed by atoms with Crippen molar-refractivity contribution in [3.8, 4) is 0 Å². The highest BCUT2D eigenvalue weighted by atomic mass is 16.2. The Balaban J connectivity index is 2.15. The fraction of sp³-hybridized carbons (Fsp3) is 0.583. The minimum atomic E-state index is -0.605. The van der Waals surface area contributed by atoms with Crippen molar-refractivity contribution in [3.05, 3.63) is 20.8 Å². The van der Waals surface area contributed by atoms with E-state index in [1.54, 1.807) is 11.8 Å². The molecule has 1 aromatic rings. The molecule has 0 aliphatic carbocycles. The van der Waals surface area contributed by atoms with Crippen molar-refractivity contribution in [1.82, 2.24) is 14.5 Å². The van der Waals surface area contributed by atoms with Gasteiger partial charge in [0.15, 0.2) is 0 Å². The Morgan fingerprint density at radius 2 is 2.00 bits per heavy atom. The lowest BCUT2D eigenvalue weighted by atomic mass is 10.4. The lowest BCUT2D eigenvalue weighted by molar-refractivity contribution is -0.128. The first-order valence-corrected chi connectivity index (χ1v) is 6.68. The van der Waals surface area contributed by atoms with Gasteiger partial charge in [0.25, 0.3) is 5.56 Å². The molecule has 2 rings (SSSR count). The van der Waals surface area contributed by atoms with E-state index in [-0.39, 0.29) is 24.0 Å². The quantitative estimate of drug-likeness (QED) is 0.667. The number of amides is 1. The molecule has 110 valence electrons. The number of aromatic nitrogens is 2. The van der Waals surface area contributed by atoms with Gasteiger partial charge in [0.2, 0.25) is 5.91 Å². The van der Waals surface area contributed by atoms with Gasteiger partial charge in [-0.25, -0.2) is 4.79 Å². The molecule has 1 fully saturated rings. The van der Waals surface area contributed by atoms with Crippen LogP contribution in [0.25, 0.3) is 0 Å². The molecule has 4 N–H and O–H groups in total. The van der Waals surface area contributed by atoms with Gasteiger partial charge in [0.1, 0.15) is 11.5 Å². The minimum Gasteiger partial charge on any atom is -0.383 e. The standard InChI is InChI=1S/C12H19N5O3/c1-2-17-10(13)9(11(19)15-12(17)20)14-7-8(18)16-5-3-4-6-16/h14H,2-7,13H2,1H3,(H,15,19,20). The normalized spacial score (nSPS) is 14.6. The topological polar surface area (TPSA) is 113 Å². The van der Waals surface area contributed by atoms with Crippen molar-refractivity contribution >= 4 is 17.4 Å². The van der Waals surface area contributed by atoms with E-state index in [0.29, 0.717) is 6.54 Å². The first-order chi connectivity index (χ1) is 9.54. The maximum absolute atomic E-state index is 11.9.